The Morgan fingerprint density at radius 2 is 1.00 bits per heavy atom. The summed E-state index contributed by atoms with van der Waals surface area (Å²) in [6, 6.07) is 3.69. The van der Waals surface area contributed by atoms with E-state index < -0.39 is 23.5 Å². The van der Waals surface area contributed by atoms with Gasteiger partial charge in [0.2, 0.25) is 0 Å². The monoisotopic (exact) mass is 514 g/mol. The van der Waals surface area contributed by atoms with Crippen LogP contribution in [0.4, 0.5) is 26.3 Å². The number of alkyl halides is 6. The van der Waals surface area contributed by atoms with Crippen LogP contribution >= 0.6 is 9.53 Å². The van der Waals surface area contributed by atoms with Gasteiger partial charge >= 0.3 is 40.1 Å². The normalized spacial score (nSPS) is 11.6. The van der Waals surface area contributed by atoms with E-state index in [1.54, 1.807) is 0 Å². The van der Waals surface area contributed by atoms with Gasteiger partial charge in [0.1, 0.15) is 0 Å². The second kappa shape index (κ2) is 7.40. The van der Waals surface area contributed by atoms with E-state index in [-0.39, 0.29) is 11.4 Å². The van der Waals surface area contributed by atoms with E-state index in [9.17, 15) is 26.3 Å². The Bertz CT molecular complexity index is 539. The first-order valence-electron chi connectivity index (χ1n) is 5.39. The molecule has 0 spiro atoms. The predicted molar refractivity (Wildman–Crippen MR) is 63.3 cm³/mol. The molecule has 0 unspecified atom stereocenters. The molecule has 2 heterocycles. The first-order chi connectivity index (χ1) is 10.2. The summed E-state index contributed by atoms with van der Waals surface area (Å²) in [5.41, 5.74) is -1.75. The topological polar surface area (TPSA) is 25.8 Å². The second-order valence-electron chi connectivity index (χ2n) is 3.86. The molecule has 2 aromatic heterocycles. The Labute approximate surface area is 135 Å². The quantitative estimate of drug-likeness (QED) is 0.509. The van der Waals surface area contributed by atoms with Crippen LogP contribution in [0.25, 0.3) is 11.4 Å². The van der Waals surface area contributed by atoms with Crippen molar-refractivity contribution in [3.8, 4) is 11.4 Å². The number of aromatic nitrogens is 2. The molecule has 2 nitrogen and oxygen atoms in total. The molecule has 0 N–H and O–H groups in total. The molecule has 0 aliphatic heterocycles. The average molecular weight is 514 g/mol. The zero-order chi connectivity index (χ0) is 17.0. The SMILES string of the molecule is FC(F)(F)c1ccc(-c2ccc(C(F)(F)F)cn2)nc1.[Cl][Re]. The average Bonchev–Trinajstić information content (AvgIpc) is 2.48. The number of nitrogens with zero attached hydrogens (tertiary/aromatic N) is 2. The number of pyridine rings is 2. The van der Waals surface area contributed by atoms with Gasteiger partial charge in [-0.05, 0) is 24.3 Å². The van der Waals surface area contributed by atoms with Gasteiger partial charge in [0.05, 0.1) is 22.5 Å². The van der Waals surface area contributed by atoms with E-state index in [4.69, 9.17) is 9.53 Å². The molecule has 22 heavy (non-hydrogen) atoms. The Morgan fingerprint density at radius 3 is 1.18 bits per heavy atom. The molecule has 2 aromatic rings. The zero-order valence-electron chi connectivity index (χ0n) is 10.4. The molecule has 0 aromatic carbocycles. The number of halogens is 7. The fourth-order valence-corrected chi connectivity index (χ4v) is 1.43. The van der Waals surface area contributed by atoms with Gasteiger partial charge in [-0.3, -0.25) is 9.97 Å². The minimum absolute atomic E-state index is 0.0618. The van der Waals surface area contributed by atoms with E-state index in [0.29, 0.717) is 12.4 Å². The van der Waals surface area contributed by atoms with Crippen molar-refractivity contribution in [2.45, 2.75) is 12.4 Å². The molecule has 0 bridgehead atoms. The first-order valence-corrected chi connectivity index (χ1v) is 8.75. The van der Waals surface area contributed by atoms with E-state index >= 15 is 0 Å². The van der Waals surface area contributed by atoms with Gasteiger partial charge in [0.15, 0.2) is 0 Å². The van der Waals surface area contributed by atoms with Crippen LogP contribution in [0.15, 0.2) is 36.7 Å². The molecule has 10 heteroatoms. The molecule has 120 valence electrons. The van der Waals surface area contributed by atoms with E-state index in [0.717, 1.165) is 24.3 Å². The Kier molecular flexibility index (Phi) is 6.35. The third-order valence-electron chi connectivity index (χ3n) is 2.44. The van der Waals surface area contributed by atoms with Gasteiger partial charge < -0.3 is 0 Å². The number of hydrogen-bond acceptors (Lipinski definition) is 2. The summed E-state index contributed by atoms with van der Waals surface area (Å²) in [6.45, 7) is 0. The van der Waals surface area contributed by atoms with E-state index in [2.05, 4.69) is 9.97 Å². The van der Waals surface area contributed by atoms with Crippen molar-refractivity contribution in [3.63, 3.8) is 0 Å². The molecular weight excluding hydrogens is 508 g/mol. The van der Waals surface area contributed by atoms with Crippen LogP contribution in [-0.4, -0.2) is 9.97 Å². The Hall–Kier alpha value is -1.17. The summed E-state index contributed by atoms with van der Waals surface area (Å²) in [6.07, 6.45) is -7.82. The van der Waals surface area contributed by atoms with Crippen molar-refractivity contribution in [1.82, 2.24) is 9.97 Å². The van der Waals surface area contributed by atoms with Crippen LogP contribution in [0.3, 0.4) is 0 Å². The summed E-state index contributed by atoms with van der Waals surface area (Å²) in [5, 5.41) is 0. The molecule has 0 radical (unpaired) electrons. The molecule has 0 amide bonds. The maximum atomic E-state index is 12.3. The van der Waals surface area contributed by atoms with Gasteiger partial charge in [0, 0.05) is 12.4 Å². The summed E-state index contributed by atoms with van der Waals surface area (Å²) in [7, 11) is 4.69. The Balaban J connectivity index is 0.00000116. The molecule has 0 saturated carbocycles. The predicted octanol–water partition coefficient (Wildman–Crippen LogP) is 4.87. The van der Waals surface area contributed by atoms with Crippen LogP contribution in [0.2, 0.25) is 0 Å². The Morgan fingerprint density at radius 1 is 0.682 bits per heavy atom. The summed E-state index contributed by atoms with van der Waals surface area (Å²) >= 11 is 1.19. The van der Waals surface area contributed by atoms with Gasteiger partial charge in [0.25, 0.3) is 0 Å². The van der Waals surface area contributed by atoms with Gasteiger partial charge in [-0.25, -0.2) is 0 Å². The fraction of sp³-hybridized carbons (Fsp3) is 0.167. The van der Waals surface area contributed by atoms with Crippen molar-refractivity contribution in [2.75, 3.05) is 0 Å². The van der Waals surface area contributed by atoms with Crippen molar-refractivity contribution in [1.29, 1.82) is 0 Å². The standard InChI is InChI=1S/C12H6F6N2.ClH.Re/c13-11(14,15)7-1-3-9(19-5-7)10-4-2-8(6-20-10)12(16,17)18;;/h1-6H;1H;/q;;+1/p-1. The molecule has 2 rings (SSSR count). The van der Waals surface area contributed by atoms with Crippen LogP contribution < -0.4 is 0 Å². The van der Waals surface area contributed by atoms with Gasteiger partial charge in [-0.2, -0.15) is 26.3 Å². The molecule has 0 saturated heterocycles. The van der Waals surface area contributed by atoms with E-state index in [1.807, 2.05) is 0 Å². The van der Waals surface area contributed by atoms with Gasteiger partial charge in [-0.15, -0.1) is 0 Å². The molecule has 0 fully saturated rings. The second-order valence-corrected chi connectivity index (χ2v) is 3.86. The van der Waals surface area contributed by atoms with Crippen molar-refractivity contribution in [2.24, 2.45) is 0 Å². The van der Waals surface area contributed by atoms with Gasteiger partial charge in [-0.1, -0.05) is 0 Å². The molecule has 0 aliphatic rings. The van der Waals surface area contributed by atoms with Crippen LogP contribution in [0, 0.1) is 0 Å². The molecular formula is C12H6ClF6N2Re. The molecule has 0 aliphatic carbocycles. The summed E-state index contributed by atoms with van der Waals surface area (Å²) < 4.78 is 74.0. The third-order valence-corrected chi connectivity index (χ3v) is 2.44. The van der Waals surface area contributed by atoms with Crippen molar-refractivity contribution >= 4 is 9.53 Å². The summed E-state index contributed by atoms with van der Waals surface area (Å²) in [4.78, 5) is 7.09. The maximum absolute atomic E-state index is 12.3. The third kappa shape index (κ3) is 4.94. The number of rotatable bonds is 1. The van der Waals surface area contributed by atoms with E-state index in [1.165, 1.54) is 18.2 Å². The van der Waals surface area contributed by atoms with Crippen LogP contribution in [0.5, 0.6) is 0 Å². The van der Waals surface area contributed by atoms with Crippen molar-refractivity contribution in [3.05, 3.63) is 47.8 Å². The first kappa shape index (κ1) is 18.9. The number of hydrogen-bond donors (Lipinski definition) is 0. The van der Waals surface area contributed by atoms with Crippen molar-refractivity contribution < 1.29 is 44.5 Å². The van der Waals surface area contributed by atoms with Crippen LogP contribution in [-0.2, 0) is 30.5 Å². The molecule has 0 atom stereocenters. The minimum atomic E-state index is -4.51. The zero-order valence-corrected chi connectivity index (χ0v) is 13.9. The summed E-state index contributed by atoms with van der Waals surface area (Å²) in [5.74, 6) is 0. The fourth-order valence-electron chi connectivity index (χ4n) is 1.43. The van der Waals surface area contributed by atoms with Crippen LogP contribution in [0.1, 0.15) is 11.1 Å².